The standard InChI is InChI=1S/C84H66N4/c1-81(2)63-23-11-17-29-75(63)87-76-30-18-12-24-64(76)82(3,4)68-48-55(47-67(81)79(68)87)53-37-43-73-61(45-53)59-21-9-15-27-71(59)85(73)57-39-33-51(34-40-57)52-35-41-58(42-36-52)86-72-28-16-10-22-60(72)62-46-54(38-44-74(62)86)56-49-69-80-70(50-56)84(7,8)66-26-14-20-32-78(66)88(80)77-31-19-13-25-65(77)83(69,5)6/h9-50H,1-8H3. The maximum absolute atomic E-state index is 2.55. The van der Waals surface area contributed by atoms with Crippen molar-refractivity contribution in [2.24, 2.45) is 0 Å². The van der Waals surface area contributed by atoms with Gasteiger partial charge in [-0.3, -0.25) is 0 Å². The molecule has 88 heavy (non-hydrogen) atoms. The van der Waals surface area contributed by atoms with E-state index in [0.29, 0.717) is 0 Å². The molecule has 0 radical (unpaired) electrons. The molecule has 6 heterocycles. The van der Waals surface area contributed by atoms with Gasteiger partial charge in [0.15, 0.2) is 0 Å². The van der Waals surface area contributed by atoms with Crippen LogP contribution in [-0.4, -0.2) is 9.13 Å². The molecule has 0 N–H and O–H groups in total. The van der Waals surface area contributed by atoms with Crippen molar-refractivity contribution in [3.05, 3.63) is 299 Å². The lowest BCUT2D eigenvalue weighted by Crippen LogP contribution is -2.38. The molecule has 0 unspecified atom stereocenters. The van der Waals surface area contributed by atoms with E-state index < -0.39 is 0 Å². The number of para-hydroxylation sites is 6. The Morgan fingerprint density at radius 1 is 0.216 bits per heavy atom. The summed E-state index contributed by atoms with van der Waals surface area (Å²) in [5.41, 5.74) is 32.3. The molecule has 4 aliphatic rings. The van der Waals surface area contributed by atoms with E-state index >= 15 is 0 Å². The third kappa shape index (κ3) is 6.81. The van der Waals surface area contributed by atoms with Gasteiger partial charge in [-0.15, -0.1) is 0 Å². The zero-order chi connectivity index (χ0) is 59.3. The minimum Gasteiger partial charge on any atom is -0.309 e. The monoisotopic (exact) mass is 1130 g/mol. The van der Waals surface area contributed by atoms with Gasteiger partial charge in [0.2, 0.25) is 0 Å². The molecule has 4 heteroatoms. The highest BCUT2D eigenvalue weighted by Gasteiger charge is 2.47. The molecule has 0 bridgehead atoms. The fourth-order valence-electron chi connectivity index (χ4n) is 16.6. The van der Waals surface area contributed by atoms with Crippen LogP contribution in [0.4, 0.5) is 34.1 Å². The van der Waals surface area contributed by atoms with Crippen LogP contribution in [-0.2, 0) is 21.7 Å². The third-order valence-corrected chi connectivity index (χ3v) is 21.2. The second-order valence-electron chi connectivity index (χ2n) is 27.3. The quantitative estimate of drug-likeness (QED) is 0.171. The molecule has 18 rings (SSSR count). The lowest BCUT2D eigenvalue weighted by atomic mass is 9.65. The van der Waals surface area contributed by atoms with Crippen molar-refractivity contribution in [2.45, 2.75) is 77.0 Å². The molecule has 0 saturated heterocycles. The van der Waals surface area contributed by atoms with Gasteiger partial charge < -0.3 is 18.9 Å². The normalized spacial score (nSPS) is 15.8. The van der Waals surface area contributed by atoms with E-state index in [1.165, 1.54) is 156 Å². The highest BCUT2D eigenvalue weighted by molar-refractivity contribution is 6.12. The van der Waals surface area contributed by atoms with Crippen LogP contribution in [0.3, 0.4) is 0 Å². The van der Waals surface area contributed by atoms with Crippen molar-refractivity contribution in [1.29, 1.82) is 0 Å². The highest BCUT2D eigenvalue weighted by atomic mass is 15.2. The van der Waals surface area contributed by atoms with Crippen molar-refractivity contribution >= 4 is 77.7 Å². The van der Waals surface area contributed by atoms with Gasteiger partial charge in [0.25, 0.3) is 0 Å². The van der Waals surface area contributed by atoms with Crippen LogP contribution < -0.4 is 9.80 Å². The summed E-state index contributed by atoms with van der Waals surface area (Å²) in [6.07, 6.45) is 0. The molecular formula is C84H66N4. The van der Waals surface area contributed by atoms with Crippen LogP contribution >= 0.6 is 0 Å². The van der Waals surface area contributed by atoms with Crippen LogP contribution in [0.25, 0.3) is 88.4 Å². The molecular weight excluding hydrogens is 1060 g/mol. The molecule has 0 atom stereocenters. The molecule has 0 saturated carbocycles. The van der Waals surface area contributed by atoms with E-state index in [4.69, 9.17) is 0 Å². The van der Waals surface area contributed by atoms with Crippen molar-refractivity contribution in [1.82, 2.24) is 9.13 Å². The van der Waals surface area contributed by atoms with Gasteiger partial charge >= 0.3 is 0 Å². The first kappa shape index (κ1) is 51.1. The number of fused-ring (bicyclic) bond motifs is 14. The number of aromatic nitrogens is 2. The molecule has 0 fully saturated rings. The van der Waals surface area contributed by atoms with Crippen LogP contribution in [0.1, 0.15) is 99.9 Å². The van der Waals surface area contributed by atoms with Crippen molar-refractivity contribution < 1.29 is 0 Å². The molecule has 14 aromatic rings. The van der Waals surface area contributed by atoms with Gasteiger partial charge in [-0.05, 0) is 187 Å². The summed E-state index contributed by atoms with van der Waals surface area (Å²) in [7, 11) is 0. The second kappa shape index (κ2) is 17.7. The number of anilines is 6. The van der Waals surface area contributed by atoms with Crippen molar-refractivity contribution in [2.75, 3.05) is 9.80 Å². The Kier molecular flexibility index (Phi) is 10.3. The predicted molar refractivity (Wildman–Crippen MR) is 369 cm³/mol. The number of rotatable bonds is 5. The lowest BCUT2D eigenvalue weighted by molar-refractivity contribution is 0.597. The summed E-state index contributed by atoms with van der Waals surface area (Å²) in [6, 6.07) is 96.5. The summed E-state index contributed by atoms with van der Waals surface area (Å²) in [5, 5.41) is 5.00. The minimum absolute atomic E-state index is 0.203. The molecule has 0 aliphatic carbocycles. The van der Waals surface area contributed by atoms with Crippen LogP contribution in [0.2, 0.25) is 0 Å². The minimum atomic E-state index is -0.203. The smallest absolute Gasteiger partial charge is 0.0544 e. The van der Waals surface area contributed by atoms with Crippen LogP contribution in [0.5, 0.6) is 0 Å². The Hall–Kier alpha value is -10.2. The summed E-state index contributed by atoms with van der Waals surface area (Å²) >= 11 is 0. The van der Waals surface area contributed by atoms with Gasteiger partial charge in [0.1, 0.15) is 0 Å². The zero-order valence-corrected chi connectivity index (χ0v) is 51.0. The Balaban J connectivity index is 0.688. The summed E-state index contributed by atoms with van der Waals surface area (Å²) < 4.78 is 4.89. The summed E-state index contributed by atoms with van der Waals surface area (Å²) in [5.74, 6) is 0. The van der Waals surface area contributed by atoms with Gasteiger partial charge in [0, 0.05) is 54.6 Å². The van der Waals surface area contributed by atoms with Crippen molar-refractivity contribution in [3.8, 4) is 44.8 Å². The second-order valence-corrected chi connectivity index (χ2v) is 27.3. The molecule has 0 amide bonds. The molecule has 4 nitrogen and oxygen atoms in total. The van der Waals surface area contributed by atoms with E-state index in [1.54, 1.807) is 0 Å². The first-order valence-electron chi connectivity index (χ1n) is 31.3. The lowest BCUT2D eigenvalue weighted by Gasteiger charge is -2.49. The fraction of sp³-hybridized carbons (Fsp3) is 0.143. The van der Waals surface area contributed by atoms with Gasteiger partial charge in [-0.1, -0.05) is 201 Å². The van der Waals surface area contributed by atoms with E-state index in [0.717, 1.165) is 11.4 Å². The van der Waals surface area contributed by atoms with Crippen molar-refractivity contribution in [3.63, 3.8) is 0 Å². The van der Waals surface area contributed by atoms with Gasteiger partial charge in [-0.2, -0.15) is 0 Å². The largest absolute Gasteiger partial charge is 0.309 e. The zero-order valence-electron chi connectivity index (χ0n) is 51.0. The number of benzene rings is 12. The number of hydrogen-bond donors (Lipinski definition) is 0. The molecule has 4 aliphatic heterocycles. The van der Waals surface area contributed by atoms with Crippen LogP contribution in [0.15, 0.2) is 255 Å². The van der Waals surface area contributed by atoms with Crippen LogP contribution in [0, 0.1) is 0 Å². The highest BCUT2D eigenvalue weighted by Crippen LogP contribution is 2.63. The molecule has 2 aromatic heterocycles. The molecule has 0 spiro atoms. The molecule has 422 valence electrons. The Bertz CT molecular complexity index is 4840. The summed E-state index contributed by atoms with van der Waals surface area (Å²) in [6.45, 7) is 19.3. The number of nitrogens with zero attached hydrogens (tertiary/aromatic N) is 4. The average Bonchev–Trinajstić information content (AvgIpc) is 1.61. The SMILES string of the molecule is CC1(C)c2ccccc2N2c3ccccc3C(C)(C)c3cc(-c4ccc5c(c4)c4ccccc4n5-c4ccc(-c5ccc(-n6c7ccccc7c7cc(-c8cc9c%10c(c8)C(C)(C)c8ccccc8N%10c8ccccc8C9(C)C)ccc76)cc5)cc4)cc1c32. The maximum atomic E-state index is 2.55. The average molecular weight is 1130 g/mol. The maximum Gasteiger partial charge on any atom is 0.0544 e. The fourth-order valence-corrected chi connectivity index (χ4v) is 16.6. The topological polar surface area (TPSA) is 16.3 Å². The Morgan fingerprint density at radius 2 is 0.489 bits per heavy atom. The summed E-state index contributed by atoms with van der Waals surface area (Å²) in [4.78, 5) is 5.10. The first-order valence-corrected chi connectivity index (χ1v) is 31.3. The van der Waals surface area contributed by atoms with E-state index in [-0.39, 0.29) is 21.7 Å². The van der Waals surface area contributed by atoms with E-state index in [2.05, 4.69) is 329 Å². The van der Waals surface area contributed by atoms with E-state index in [1.807, 2.05) is 0 Å². The van der Waals surface area contributed by atoms with Gasteiger partial charge in [0.05, 0.1) is 56.2 Å². The van der Waals surface area contributed by atoms with E-state index in [9.17, 15) is 0 Å². The predicted octanol–water partition coefficient (Wildman–Crippen LogP) is 22.4. The Labute approximate surface area is 514 Å². The molecule has 12 aromatic carbocycles. The van der Waals surface area contributed by atoms with Gasteiger partial charge in [-0.25, -0.2) is 0 Å². The third-order valence-electron chi connectivity index (χ3n) is 21.2. The first-order chi connectivity index (χ1) is 42.7. The number of hydrogen-bond acceptors (Lipinski definition) is 2. The Morgan fingerprint density at radius 3 is 0.818 bits per heavy atom.